The van der Waals surface area contributed by atoms with Crippen LogP contribution in [0.1, 0.15) is 32.3 Å². The molecule has 1 aromatic carbocycles. The Bertz CT molecular complexity index is 459. The summed E-state index contributed by atoms with van der Waals surface area (Å²) < 4.78 is 5.90. The Labute approximate surface area is 114 Å². The summed E-state index contributed by atoms with van der Waals surface area (Å²) in [5, 5.41) is 2.94. The molecule has 1 N–H and O–H groups in total. The summed E-state index contributed by atoms with van der Waals surface area (Å²) in [5.41, 5.74) is 2.00. The van der Waals surface area contributed by atoms with Crippen LogP contribution in [0.5, 0.6) is 5.75 Å². The number of ether oxygens (including phenoxy) is 1. The predicted molar refractivity (Wildman–Crippen MR) is 76.9 cm³/mol. The first-order valence-electron chi connectivity index (χ1n) is 6.98. The average Bonchev–Trinajstić information content (AvgIpc) is 2.43. The molecule has 0 unspecified atom stereocenters. The predicted octanol–water partition coefficient (Wildman–Crippen LogP) is 3.09. The number of aryl methyl sites for hydroxylation is 1. The van der Waals surface area contributed by atoms with E-state index in [4.69, 9.17) is 4.74 Å². The first-order chi connectivity index (χ1) is 9.15. The Kier molecular flexibility index (Phi) is 4.30. The van der Waals surface area contributed by atoms with Crippen molar-refractivity contribution in [3.63, 3.8) is 0 Å². The van der Waals surface area contributed by atoms with Gasteiger partial charge < -0.3 is 10.1 Å². The first kappa shape index (κ1) is 13.7. The lowest BCUT2D eigenvalue weighted by Crippen LogP contribution is -2.48. The lowest BCUT2D eigenvalue weighted by molar-refractivity contribution is 0.186. The van der Waals surface area contributed by atoms with Crippen LogP contribution in [0.2, 0.25) is 0 Å². The number of anilines is 1. The molecule has 1 heterocycles. The molecule has 1 atom stereocenters. The van der Waals surface area contributed by atoms with Gasteiger partial charge in [-0.25, -0.2) is 4.79 Å². The number of nitrogens with one attached hydrogen (secondary N) is 1. The number of urea groups is 1. The second-order valence-corrected chi connectivity index (χ2v) is 4.96. The maximum atomic E-state index is 12.3. The van der Waals surface area contributed by atoms with E-state index in [1.807, 2.05) is 32.0 Å². The molecule has 2 rings (SSSR count). The number of amides is 2. The highest BCUT2D eigenvalue weighted by Crippen LogP contribution is 2.34. The van der Waals surface area contributed by atoms with Crippen molar-refractivity contribution in [3.05, 3.63) is 23.8 Å². The van der Waals surface area contributed by atoms with Crippen LogP contribution in [0, 0.1) is 6.92 Å². The molecule has 0 bridgehead atoms. The van der Waals surface area contributed by atoms with E-state index in [1.54, 1.807) is 4.90 Å². The van der Waals surface area contributed by atoms with Crippen LogP contribution in [0.3, 0.4) is 0 Å². The highest BCUT2D eigenvalue weighted by molar-refractivity contribution is 5.94. The molecular weight excluding hydrogens is 240 g/mol. The van der Waals surface area contributed by atoms with Gasteiger partial charge in [0.25, 0.3) is 0 Å². The standard InChI is InChI=1S/C15H22N2O2/c1-4-8-16-15(18)17-10-12(5-2)19-14-7-6-11(3)9-13(14)17/h6-7,9,12H,4-5,8,10H2,1-3H3,(H,16,18)/t12-/m0/s1. The number of fused-ring (bicyclic) bond motifs is 1. The van der Waals surface area contributed by atoms with Gasteiger partial charge in [-0.05, 0) is 37.5 Å². The number of rotatable bonds is 3. The van der Waals surface area contributed by atoms with Crippen LogP contribution in [0.25, 0.3) is 0 Å². The summed E-state index contributed by atoms with van der Waals surface area (Å²) in [4.78, 5) is 14.1. The molecule has 0 aliphatic carbocycles. The smallest absolute Gasteiger partial charge is 0.322 e. The highest BCUT2D eigenvalue weighted by Gasteiger charge is 2.28. The number of hydrogen-bond donors (Lipinski definition) is 1. The summed E-state index contributed by atoms with van der Waals surface area (Å²) in [6.45, 7) is 7.46. The molecule has 2 amide bonds. The Morgan fingerprint density at radius 2 is 2.26 bits per heavy atom. The van der Waals surface area contributed by atoms with Crippen molar-refractivity contribution in [2.24, 2.45) is 0 Å². The maximum Gasteiger partial charge on any atom is 0.322 e. The fraction of sp³-hybridized carbons (Fsp3) is 0.533. The van der Waals surface area contributed by atoms with Gasteiger partial charge in [0.1, 0.15) is 11.9 Å². The summed E-state index contributed by atoms with van der Waals surface area (Å²) >= 11 is 0. The monoisotopic (exact) mass is 262 g/mol. The highest BCUT2D eigenvalue weighted by atomic mass is 16.5. The van der Waals surface area contributed by atoms with Gasteiger partial charge in [-0.1, -0.05) is 19.9 Å². The largest absolute Gasteiger partial charge is 0.486 e. The molecule has 1 aliphatic rings. The van der Waals surface area contributed by atoms with Gasteiger partial charge in [0.05, 0.1) is 12.2 Å². The zero-order chi connectivity index (χ0) is 13.8. The molecule has 104 valence electrons. The van der Waals surface area contributed by atoms with Gasteiger partial charge in [0.2, 0.25) is 0 Å². The van der Waals surface area contributed by atoms with Crippen molar-refractivity contribution in [2.45, 2.75) is 39.7 Å². The fourth-order valence-electron chi connectivity index (χ4n) is 2.19. The van der Waals surface area contributed by atoms with Crippen LogP contribution in [-0.4, -0.2) is 25.2 Å². The van der Waals surface area contributed by atoms with Crippen molar-refractivity contribution in [3.8, 4) is 5.75 Å². The third kappa shape index (κ3) is 3.00. The van der Waals surface area contributed by atoms with E-state index in [0.29, 0.717) is 13.1 Å². The van der Waals surface area contributed by atoms with Crippen molar-refractivity contribution in [2.75, 3.05) is 18.0 Å². The van der Waals surface area contributed by atoms with Crippen LogP contribution in [0.15, 0.2) is 18.2 Å². The van der Waals surface area contributed by atoms with E-state index < -0.39 is 0 Å². The van der Waals surface area contributed by atoms with E-state index in [1.165, 1.54) is 0 Å². The lowest BCUT2D eigenvalue weighted by Gasteiger charge is -2.34. The SMILES string of the molecule is CCCNC(=O)N1C[C@H](CC)Oc2ccc(C)cc21. The molecule has 0 fully saturated rings. The molecule has 1 aromatic rings. The Morgan fingerprint density at radius 3 is 2.95 bits per heavy atom. The quantitative estimate of drug-likeness (QED) is 0.909. The van der Waals surface area contributed by atoms with E-state index >= 15 is 0 Å². The molecule has 0 radical (unpaired) electrons. The molecule has 1 aliphatic heterocycles. The molecule has 19 heavy (non-hydrogen) atoms. The van der Waals surface area contributed by atoms with E-state index in [9.17, 15) is 4.79 Å². The van der Waals surface area contributed by atoms with E-state index in [2.05, 4.69) is 12.2 Å². The first-order valence-corrected chi connectivity index (χ1v) is 6.98. The summed E-state index contributed by atoms with van der Waals surface area (Å²) in [5.74, 6) is 0.801. The zero-order valence-electron chi connectivity index (χ0n) is 11.9. The lowest BCUT2D eigenvalue weighted by atomic mass is 10.1. The van der Waals surface area contributed by atoms with Crippen molar-refractivity contribution >= 4 is 11.7 Å². The Hall–Kier alpha value is -1.71. The second kappa shape index (κ2) is 5.95. The van der Waals surface area contributed by atoms with Gasteiger partial charge in [-0.3, -0.25) is 4.90 Å². The number of nitrogens with zero attached hydrogens (tertiary/aromatic N) is 1. The van der Waals surface area contributed by atoms with Crippen molar-refractivity contribution in [1.82, 2.24) is 5.32 Å². The second-order valence-electron chi connectivity index (χ2n) is 4.96. The van der Waals surface area contributed by atoms with Gasteiger partial charge >= 0.3 is 6.03 Å². The van der Waals surface area contributed by atoms with Gasteiger partial charge in [0.15, 0.2) is 0 Å². The summed E-state index contributed by atoms with van der Waals surface area (Å²) in [6.07, 6.45) is 1.90. The summed E-state index contributed by atoms with van der Waals surface area (Å²) in [7, 11) is 0. The van der Waals surface area contributed by atoms with Crippen molar-refractivity contribution < 1.29 is 9.53 Å². The molecule has 0 spiro atoms. The third-order valence-corrected chi connectivity index (χ3v) is 3.31. The minimum Gasteiger partial charge on any atom is -0.486 e. The van der Waals surface area contributed by atoms with Crippen LogP contribution >= 0.6 is 0 Å². The number of carbonyl (C=O) groups excluding carboxylic acids is 1. The molecule has 0 aromatic heterocycles. The topological polar surface area (TPSA) is 41.6 Å². The third-order valence-electron chi connectivity index (χ3n) is 3.31. The molecule has 0 saturated heterocycles. The Morgan fingerprint density at radius 1 is 1.47 bits per heavy atom. The van der Waals surface area contributed by atoms with E-state index in [0.717, 1.165) is 29.8 Å². The normalized spacial score (nSPS) is 17.6. The van der Waals surface area contributed by atoms with Gasteiger partial charge in [-0.2, -0.15) is 0 Å². The average molecular weight is 262 g/mol. The zero-order valence-corrected chi connectivity index (χ0v) is 11.9. The van der Waals surface area contributed by atoms with Gasteiger partial charge in [-0.15, -0.1) is 0 Å². The minimum absolute atomic E-state index is 0.0320. The van der Waals surface area contributed by atoms with Crippen LogP contribution in [0.4, 0.5) is 10.5 Å². The van der Waals surface area contributed by atoms with E-state index in [-0.39, 0.29) is 12.1 Å². The van der Waals surface area contributed by atoms with Crippen LogP contribution in [-0.2, 0) is 0 Å². The Balaban J connectivity index is 2.27. The molecule has 4 heteroatoms. The summed E-state index contributed by atoms with van der Waals surface area (Å²) in [6, 6.07) is 5.94. The molecular formula is C15H22N2O2. The van der Waals surface area contributed by atoms with Crippen molar-refractivity contribution in [1.29, 1.82) is 0 Å². The number of carbonyl (C=O) groups is 1. The number of benzene rings is 1. The molecule has 0 saturated carbocycles. The fourth-order valence-corrected chi connectivity index (χ4v) is 2.19. The minimum atomic E-state index is -0.0320. The van der Waals surface area contributed by atoms with Gasteiger partial charge in [0, 0.05) is 6.54 Å². The molecule has 4 nitrogen and oxygen atoms in total. The maximum absolute atomic E-state index is 12.3. The van der Waals surface area contributed by atoms with Crippen LogP contribution < -0.4 is 15.0 Å². The number of hydrogen-bond acceptors (Lipinski definition) is 2.